The molecule has 0 aliphatic carbocycles. The quantitative estimate of drug-likeness (QED) is 0.321. The molecule has 0 saturated heterocycles. The molecule has 0 saturated carbocycles. The van der Waals surface area contributed by atoms with Crippen LogP contribution in [0, 0.1) is 12.7 Å². The van der Waals surface area contributed by atoms with E-state index in [-0.39, 0.29) is 35.6 Å². The van der Waals surface area contributed by atoms with Gasteiger partial charge in [-0.15, -0.1) is 12.4 Å². The normalized spacial score (nSPS) is 10.6. The molecule has 0 spiro atoms. The summed E-state index contributed by atoms with van der Waals surface area (Å²) in [5, 5.41) is 20.2. The summed E-state index contributed by atoms with van der Waals surface area (Å²) in [6.45, 7) is 3.21. The van der Waals surface area contributed by atoms with Crippen molar-refractivity contribution < 1.29 is 14.3 Å². The lowest BCUT2D eigenvalue weighted by Crippen LogP contribution is -2.07. The number of benzene rings is 2. The Labute approximate surface area is 183 Å². The molecule has 0 fully saturated rings. The molecule has 1 amide bonds. The molecule has 31 heavy (non-hydrogen) atoms. The van der Waals surface area contributed by atoms with Gasteiger partial charge in [-0.3, -0.25) is 9.48 Å². The standard InChI is InChI=1S/C21H19FN6O2.ClH/c1-11-18-19(28(3)27-11)21(26-20(25-18)13-4-6-14(22)7-5-13)24-15-8-9-17(30)16(10-15)23-12(2)29;/h4-10,30H,1-3H3,(H,23,29)(H,24,25,26);1H. The number of hydrogen-bond donors (Lipinski definition) is 3. The fourth-order valence-corrected chi connectivity index (χ4v) is 3.19. The first kappa shape index (κ1) is 22.0. The first-order valence-corrected chi connectivity index (χ1v) is 9.16. The summed E-state index contributed by atoms with van der Waals surface area (Å²) in [5.41, 5.74) is 3.61. The molecule has 0 radical (unpaired) electrons. The van der Waals surface area contributed by atoms with Crippen LogP contribution in [0.25, 0.3) is 22.4 Å². The predicted octanol–water partition coefficient (Wildman–Crippen LogP) is 4.31. The van der Waals surface area contributed by atoms with Crippen LogP contribution in [0.5, 0.6) is 5.75 Å². The average Bonchev–Trinajstić information content (AvgIpc) is 2.98. The SMILES string of the molecule is CC(=O)Nc1cc(Nc2nc(-c3ccc(F)cc3)nc3c(C)nn(C)c23)ccc1O.Cl. The van der Waals surface area contributed by atoms with Crippen LogP contribution in [0.15, 0.2) is 42.5 Å². The highest BCUT2D eigenvalue weighted by atomic mass is 35.5. The van der Waals surface area contributed by atoms with Crippen molar-refractivity contribution in [2.24, 2.45) is 7.05 Å². The molecular formula is C21H20ClFN6O2. The molecule has 2 aromatic heterocycles. The first-order chi connectivity index (χ1) is 14.3. The highest BCUT2D eigenvalue weighted by molar-refractivity contribution is 5.93. The Morgan fingerprint density at radius 2 is 1.84 bits per heavy atom. The second-order valence-electron chi connectivity index (χ2n) is 6.85. The lowest BCUT2D eigenvalue weighted by molar-refractivity contribution is -0.114. The topological polar surface area (TPSA) is 105 Å². The summed E-state index contributed by atoms with van der Waals surface area (Å²) in [6, 6.07) is 10.7. The van der Waals surface area contributed by atoms with Crippen LogP contribution < -0.4 is 10.6 Å². The Hall–Kier alpha value is -3.72. The fourth-order valence-electron chi connectivity index (χ4n) is 3.19. The number of nitrogens with one attached hydrogen (secondary N) is 2. The van der Waals surface area contributed by atoms with Gasteiger partial charge in [0, 0.05) is 25.2 Å². The van der Waals surface area contributed by atoms with E-state index >= 15 is 0 Å². The number of nitrogens with zero attached hydrogens (tertiary/aromatic N) is 4. The van der Waals surface area contributed by atoms with Gasteiger partial charge in [0.25, 0.3) is 0 Å². The van der Waals surface area contributed by atoms with Crippen LogP contribution in [0.4, 0.5) is 21.6 Å². The smallest absolute Gasteiger partial charge is 0.221 e. The van der Waals surface area contributed by atoms with Crippen molar-refractivity contribution in [1.29, 1.82) is 0 Å². The van der Waals surface area contributed by atoms with E-state index in [9.17, 15) is 14.3 Å². The predicted molar refractivity (Wildman–Crippen MR) is 119 cm³/mol. The van der Waals surface area contributed by atoms with E-state index in [1.165, 1.54) is 25.1 Å². The number of phenols is 1. The second kappa shape index (κ2) is 8.57. The maximum Gasteiger partial charge on any atom is 0.221 e. The van der Waals surface area contributed by atoms with Gasteiger partial charge in [-0.2, -0.15) is 5.10 Å². The molecule has 4 aromatic rings. The third-order valence-electron chi connectivity index (χ3n) is 4.52. The molecule has 2 aromatic carbocycles. The van der Waals surface area contributed by atoms with E-state index in [2.05, 4.69) is 25.7 Å². The Morgan fingerprint density at radius 1 is 1.13 bits per heavy atom. The molecule has 0 aliphatic rings. The van der Waals surface area contributed by atoms with Crippen LogP contribution in [-0.2, 0) is 11.8 Å². The number of fused-ring (bicyclic) bond motifs is 1. The number of aryl methyl sites for hydroxylation is 2. The molecule has 3 N–H and O–H groups in total. The van der Waals surface area contributed by atoms with Gasteiger partial charge in [0.2, 0.25) is 5.91 Å². The van der Waals surface area contributed by atoms with E-state index in [0.29, 0.717) is 33.9 Å². The van der Waals surface area contributed by atoms with Crippen LogP contribution in [0.2, 0.25) is 0 Å². The number of carbonyl (C=O) groups is 1. The second-order valence-corrected chi connectivity index (χ2v) is 6.85. The molecule has 2 heterocycles. The summed E-state index contributed by atoms with van der Waals surface area (Å²) in [5.74, 6) is 0.217. The average molecular weight is 443 g/mol. The molecule has 0 bridgehead atoms. The third-order valence-corrected chi connectivity index (χ3v) is 4.52. The Kier molecular flexibility index (Phi) is 6.07. The van der Waals surface area contributed by atoms with Crippen LogP contribution in [0.1, 0.15) is 12.6 Å². The fraction of sp³-hybridized carbons (Fsp3) is 0.143. The molecule has 0 aliphatic heterocycles. The molecule has 0 atom stereocenters. The molecule has 0 unspecified atom stereocenters. The Morgan fingerprint density at radius 3 is 2.52 bits per heavy atom. The highest BCUT2D eigenvalue weighted by Gasteiger charge is 2.17. The summed E-state index contributed by atoms with van der Waals surface area (Å²) in [7, 11) is 1.79. The number of halogens is 2. The van der Waals surface area contributed by atoms with Gasteiger partial charge in [-0.05, 0) is 49.4 Å². The van der Waals surface area contributed by atoms with Crippen molar-refractivity contribution in [3.63, 3.8) is 0 Å². The van der Waals surface area contributed by atoms with Crippen LogP contribution in [-0.4, -0.2) is 30.8 Å². The maximum absolute atomic E-state index is 13.3. The van der Waals surface area contributed by atoms with Crippen LogP contribution >= 0.6 is 12.4 Å². The zero-order chi connectivity index (χ0) is 21.4. The van der Waals surface area contributed by atoms with E-state index in [1.807, 2.05) is 6.92 Å². The lowest BCUT2D eigenvalue weighted by atomic mass is 10.2. The number of aromatic hydroxyl groups is 1. The van der Waals surface area contributed by atoms with Crippen molar-refractivity contribution in [2.75, 3.05) is 10.6 Å². The summed E-state index contributed by atoms with van der Waals surface area (Å²) >= 11 is 0. The van der Waals surface area contributed by atoms with Gasteiger partial charge in [-0.1, -0.05) is 0 Å². The minimum absolute atomic E-state index is 0. The maximum atomic E-state index is 13.3. The first-order valence-electron chi connectivity index (χ1n) is 9.16. The number of hydrogen-bond acceptors (Lipinski definition) is 6. The molecule has 8 nitrogen and oxygen atoms in total. The van der Waals surface area contributed by atoms with Gasteiger partial charge in [0.1, 0.15) is 22.6 Å². The molecule has 10 heteroatoms. The summed E-state index contributed by atoms with van der Waals surface area (Å²) < 4.78 is 15.0. The highest BCUT2D eigenvalue weighted by Crippen LogP contribution is 2.32. The van der Waals surface area contributed by atoms with Gasteiger partial charge in [-0.25, -0.2) is 14.4 Å². The van der Waals surface area contributed by atoms with Gasteiger partial charge in [0.15, 0.2) is 11.6 Å². The lowest BCUT2D eigenvalue weighted by Gasteiger charge is -2.12. The van der Waals surface area contributed by atoms with Crippen molar-refractivity contribution in [1.82, 2.24) is 19.7 Å². The van der Waals surface area contributed by atoms with E-state index in [4.69, 9.17) is 0 Å². The summed E-state index contributed by atoms with van der Waals surface area (Å²) in [4.78, 5) is 20.6. The number of phenolic OH excluding ortho intramolecular Hbond substituents is 1. The van der Waals surface area contributed by atoms with Crippen molar-refractivity contribution in [3.8, 4) is 17.1 Å². The van der Waals surface area contributed by atoms with Gasteiger partial charge in [0.05, 0.1) is 11.4 Å². The van der Waals surface area contributed by atoms with Crippen LogP contribution in [0.3, 0.4) is 0 Å². The van der Waals surface area contributed by atoms with E-state index in [0.717, 1.165) is 5.69 Å². The monoisotopic (exact) mass is 442 g/mol. The minimum atomic E-state index is -0.342. The van der Waals surface area contributed by atoms with Gasteiger partial charge >= 0.3 is 0 Å². The zero-order valence-corrected chi connectivity index (χ0v) is 17.8. The Balaban J connectivity index is 0.00000272. The summed E-state index contributed by atoms with van der Waals surface area (Å²) in [6.07, 6.45) is 0. The largest absolute Gasteiger partial charge is 0.506 e. The molecule has 4 rings (SSSR count). The molecule has 160 valence electrons. The van der Waals surface area contributed by atoms with E-state index < -0.39 is 0 Å². The molecular weight excluding hydrogens is 423 g/mol. The van der Waals surface area contributed by atoms with Crippen molar-refractivity contribution in [3.05, 3.63) is 54.0 Å². The van der Waals surface area contributed by atoms with E-state index in [1.54, 1.807) is 36.0 Å². The number of rotatable bonds is 4. The minimum Gasteiger partial charge on any atom is -0.506 e. The number of carbonyl (C=O) groups excluding carboxylic acids is 1. The van der Waals surface area contributed by atoms with Crippen molar-refractivity contribution >= 4 is 46.5 Å². The Bertz CT molecular complexity index is 1270. The number of amides is 1. The number of aromatic nitrogens is 4. The number of anilines is 3. The van der Waals surface area contributed by atoms with Crippen molar-refractivity contribution in [2.45, 2.75) is 13.8 Å². The van der Waals surface area contributed by atoms with Gasteiger partial charge < -0.3 is 15.7 Å². The third kappa shape index (κ3) is 4.41. The zero-order valence-electron chi connectivity index (χ0n) is 17.0.